The van der Waals surface area contributed by atoms with E-state index in [2.05, 4.69) is 24.5 Å². The van der Waals surface area contributed by atoms with Gasteiger partial charge in [0.15, 0.2) is 0 Å². The van der Waals surface area contributed by atoms with Gasteiger partial charge in [-0.05, 0) is 24.2 Å². The van der Waals surface area contributed by atoms with Gasteiger partial charge in [0.1, 0.15) is 0 Å². The fraction of sp³-hybridized carbons (Fsp3) is 0.846. The van der Waals surface area contributed by atoms with Gasteiger partial charge in [0.2, 0.25) is 0 Å². The standard InChI is InChI=1S/C13H24N2O3/c1-8(2)5-9(11(16)17)7-14-12(18)15-10-6-13(10,3)4/h8-10H,5-7H2,1-4H3,(H,16,17)(H2,14,15,18). The van der Waals surface area contributed by atoms with Crippen LogP contribution in [0.5, 0.6) is 0 Å². The summed E-state index contributed by atoms with van der Waals surface area (Å²) in [7, 11) is 0. The summed E-state index contributed by atoms with van der Waals surface area (Å²) < 4.78 is 0. The Hall–Kier alpha value is -1.26. The number of nitrogens with one attached hydrogen (secondary N) is 2. The number of amides is 2. The molecule has 1 fully saturated rings. The van der Waals surface area contributed by atoms with Crippen LogP contribution < -0.4 is 10.6 Å². The predicted octanol–water partition coefficient (Wildman–Crippen LogP) is 1.83. The van der Waals surface area contributed by atoms with Gasteiger partial charge in [-0.15, -0.1) is 0 Å². The lowest BCUT2D eigenvalue weighted by molar-refractivity contribution is -0.142. The number of rotatable bonds is 6. The van der Waals surface area contributed by atoms with E-state index in [4.69, 9.17) is 5.11 Å². The van der Waals surface area contributed by atoms with E-state index in [1.807, 2.05) is 13.8 Å². The largest absolute Gasteiger partial charge is 0.481 e. The quantitative estimate of drug-likeness (QED) is 0.678. The molecule has 18 heavy (non-hydrogen) atoms. The summed E-state index contributed by atoms with van der Waals surface area (Å²) in [5, 5.41) is 14.5. The zero-order valence-corrected chi connectivity index (χ0v) is 11.6. The third kappa shape index (κ3) is 4.55. The molecule has 0 heterocycles. The molecule has 1 rings (SSSR count). The first kappa shape index (κ1) is 14.8. The molecule has 5 nitrogen and oxygen atoms in total. The van der Waals surface area contributed by atoms with Crippen LogP contribution in [0.15, 0.2) is 0 Å². The first-order chi connectivity index (χ1) is 8.22. The van der Waals surface area contributed by atoms with Gasteiger partial charge in [0, 0.05) is 12.6 Å². The van der Waals surface area contributed by atoms with Crippen LogP contribution in [0.3, 0.4) is 0 Å². The number of carboxylic acids is 1. The van der Waals surface area contributed by atoms with Crippen molar-refractivity contribution in [3.8, 4) is 0 Å². The molecule has 3 N–H and O–H groups in total. The van der Waals surface area contributed by atoms with E-state index in [9.17, 15) is 9.59 Å². The highest BCUT2D eigenvalue weighted by molar-refractivity contribution is 5.76. The first-order valence-electron chi connectivity index (χ1n) is 6.49. The zero-order chi connectivity index (χ0) is 13.9. The second-order valence-electron chi connectivity index (χ2n) is 6.26. The minimum Gasteiger partial charge on any atom is -0.481 e. The summed E-state index contributed by atoms with van der Waals surface area (Å²) in [4.78, 5) is 22.6. The van der Waals surface area contributed by atoms with Gasteiger partial charge in [0.05, 0.1) is 5.92 Å². The molecule has 2 unspecified atom stereocenters. The van der Waals surface area contributed by atoms with Crippen molar-refractivity contribution in [3.05, 3.63) is 0 Å². The van der Waals surface area contributed by atoms with Crippen molar-refractivity contribution >= 4 is 12.0 Å². The Balaban J connectivity index is 2.29. The third-order valence-electron chi connectivity index (χ3n) is 3.43. The summed E-state index contributed by atoms with van der Waals surface area (Å²) in [6.45, 7) is 8.32. The Morgan fingerprint density at radius 1 is 1.39 bits per heavy atom. The van der Waals surface area contributed by atoms with Crippen molar-refractivity contribution in [2.24, 2.45) is 17.3 Å². The average molecular weight is 256 g/mol. The minimum atomic E-state index is -0.851. The lowest BCUT2D eigenvalue weighted by Gasteiger charge is -2.16. The van der Waals surface area contributed by atoms with Gasteiger partial charge in [0.25, 0.3) is 0 Å². The molecule has 0 aliphatic heterocycles. The van der Waals surface area contributed by atoms with E-state index in [1.54, 1.807) is 0 Å². The zero-order valence-electron chi connectivity index (χ0n) is 11.6. The molecule has 0 aromatic carbocycles. The maximum absolute atomic E-state index is 11.6. The van der Waals surface area contributed by atoms with Crippen molar-refractivity contribution in [1.29, 1.82) is 0 Å². The maximum Gasteiger partial charge on any atom is 0.315 e. The summed E-state index contributed by atoms with van der Waals surface area (Å²) in [5.74, 6) is -1.06. The Labute approximate surface area is 108 Å². The number of hydrogen-bond donors (Lipinski definition) is 3. The molecule has 0 aromatic rings. The number of carbonyl (C=O) groups excluding carboxylic acids is 1. The van der Waals surface area contributed by atoms with Gasteiger partial charge in [-0.3, -0.25) is 4.79 Å². The average Bonchev–Trinajstić information content (AvgIpc) is 2.79. The molecule has 1 aliphatic rings. The minimum absolute atomic E-state index is 0.182. The lowest BCUT2D eigenvalue weighted by Crippen LogP contribution is -2.42. The number of carboxylic acid groups (broad SMARTS) is 1. The molecule has 1 aliphatic carbocycles. The second kappa shape index (κ2) is 5.59. The molecule has 0 radical (unpaired) electrons. The van der Waals surface area contributed by atoms with Crippen LogP contribution in [0.4, 0.5) is 4.79 Å². The van der Waals surface area contributed by atoms with Crippen LogP contribution in [0.1, 0.15) is 40.5 Å². The van der Waals surface area contributed by atoms with Gasteiger partial charge in [-0.25, -0.2) is 4.79 Å². The highest BCUT2D eigenvalue weighted by atomic mass is 16.4. The van der Waals surface area contributed by atoms with Crippen LogP contribution in [-0.2, 0) is 4.79 Å². The van der Waals surface area contributed by atoms with Gasteiger partial charge in [-0.2, -0.15) is 0 Å². The molecule has 0 aromatic heterocycles. The van der Waals surface area contributed by atoms with E-state index >= 15 is 0 Å². The van der Waals surface area contributed by atoms with E-state index in [0.29, 0.717) is 12.3 Å². The molecule has 2 atom stereocenters. The van der Waals surface area contributed by atoms with Crippen molar-refractivity contribution < 1.29 is 14.7 Å². The summed E-state index contributed by atoms with van der Waals surface area (Å²) >= 11 is 0. The smallest absolute Gasteiger partial charge is 0.315 e. The highest BCUT2D eigenvalue weighted by Gasteiger charge is 2.46. The Morgan fingerprint density at radius 3 is 2.33 bits per heavy atom. The maximum atomic E-state index is 11.6. The number of urea groups is 1. The predicted molar refractivity (Wildman–Crippen MR) is 69.3 cm³/mol. The number of hydrogen-bond acceptors (Lipinski definition) is 2. The Kier molecular flexibility index (Phi) is 4.59. The molecular formula is C13H24N2O3. The molecule has 104 valence electrons. The normalized spacial score (nSPS) is 22.4. The molecule has 2 amide bonds. The van der Waals surface area contributed by atoms with E-state index in [0.717, 1.165) is 6.42 Å². The van der Waals surface area contributed by atoms with Crippen LogP contribution in [0.25, 0.3) is 0 Å². The fourth-order valence-electron chi connectivity index (χ4n) is 1.98. The van der Waals surface area contributed by atoms with Crippen molar-refractivity contribution in [2.75, 3.05) is 6.54 Å². The summed E-state index contributed by atoms with van der Waals surface area (Å²) in [5.41, 5.74) is 0.182. The molecule has 5 heteroatoms. The fourth-order valence-corrected chi connectivity index (χ4v) is 1.98. The van der Waals surface area contributed by atoms with Crippen LogP contribution >= 0.6 is 0 Å². The molecular weight excluding hydrogens is 232 g/mol. The lowest BCUT2D eigenvalue weighted by atomic mass is 9.97. The van der Waals surface area contributed by atoms with E-state index in [1.165, 1.54) is 0 Å². The summed E-state index contributed by atoms with van der Waals surface area (Å²) in [6.07, 6.45) is 1.55. The van der Waals surface area contributed by atoms with Gasteiger partial charge in [-0.1, -0.05) is 27.7 Å². The topological polar surface area (TPSA) is 78.4 Å². The van der Waals surface area contributed by atoms with Crippen LogP contribution in [-0.4, -0.2) is 29.7 Å². The Morgan fingerprint density at radius 2 is 1.94 bits per heavy atom. The van der Waals surface area contributed by atoms with Crippen molar-refractivity contribution in [2.45, 2.75) is 46.6 Å². The first-order valence-corrected chi connectivity index (χ1v) is 6.49. The van der Waals surface area contributed by atoms with Crippen LogP contribution in [0.2, 0.25) is 0 Å². The molecule has 0 spiro atoms. The SMILES string of the molecule is CC(C)CC(CNC(=O)NC1CC1(C)C)C(=O)O. The highest BCUT2D eigenvalue weighted by Crippen LogP contribution is 2.44. The molecule has 0 bridgehead atoms. The second-order valence-corrected chi connectivity index (χ2v) is 6.26. The van der Waals surface area contributed by atoms with Gasteiger partial charge >= 0.3 is 12.0 Å². The number of aliphatic carboxylic acids is 1. The molecule has 1 saturated carbocycles. The molecule has 0 saturated heterocycles. The van der Waals surface area contributed by atoms with Crippen molar-refractivity contribution in [3.63, 3.8) is 0 Å². The Bertz CT molecular complexity index is 326. The third-order valence-corrected chi connectivity index (χ3v) is 3.43. The summed E-state index contributed by atoms with van der Waals surface area (Å²) in [6, 6.07) is -0.0496. The van der Waals surface area contributed by atoms with Gasteiger partial charge < -0.3 is 15.7 Å². The van der Waals surface area contributed by atoms with Crippen molar-refractivity contribution in [1.82, 2.24) is 10.6 Å². The van der Waals surface area contributed by atoms with E-state index < -0.39 is 11.9 Å². The van der Waals surface area contributed by atoms with E-state index in [-0.39, 0.29) is 24.0 Å². The number of carbonyl (C=O) groups is 2. The monoisotopic (exact) mass is 256 g/mol. The van der Waals surface area contributed by atoms with Crippen LogP contribution in [0, 0.1) is 17.3 Å².